The monoisotopic (exact) mass is 135 g/mol. The molecule has 0 radical (unpaired) electrons. The zero-order valence-electron chi connectivity index (χ0n) is 2.83. The molecule has 0 heterocycles. The van der Waals surface area contributed by atoms with Crippen LogP contribution in [0.4, 0.5) is 0 Å². The number of rotatable bonds is 0. The molecule has 5 nitrogen and oxygen atoms in total. The van der Waals surface area contributed by atoms with Crippen LogP contribution in [-0.2, 0) is 21.2 Å². The summed E-state index contributed by atoms with van der Waals surface area (Å²) in [6, 6.07) is 0. The van der Waals surface area contributed by atoms with E-state index in [0.717, 1.165) is 0 Å². The van der Waals surface area contributed by atoms with E-state index < -0.39 is 13.6 Å². The van der Waals surface area contributed by atoms with Gasteiger partial charge in [0, 0.05) is 0 Å². The summed E-state index contributed by atoms with van der Waals surface area (Å²) >= 11 is -5.25. The Kier molecular flexibility index (Phi) is 3.49. The van der Waals surface area contributed by atoms with Crippen LogP contribution in [0.1, 0.15) is 0 Å². The van der Waals surface area contributed by atoms with Crippen LogP contribution in [0.25, 0.3) is 0 Å². The molecule has 0 amide bonds. The van der Waals surface area contributed by atoms with E-state index in [0.29, 0.717) is 0 Å². The minimum atomic E-state index is -5.25. The van der Waals surface area contributed by atoms with Crippen molar-refractivity contribution in [2.24, 2.45) is 0 Å². The summed E-state index contributed by atoms with van der Waals surface area (Å²) in [7, 11) is 0. The van der Waals surface area contributed by atoms with Crippen molar-refractivity contribution >= 4 is 0 Å². The average Bonchev–Trinajstić information content (AvgIpc) is 0.722. The first-order chi connectivity index (χ1) is 2.00. The quantitative estimate of drug-likeness (QED) is 0.386. The second kappa shape index (κ2) is 2.23. The third-order valence-electron chi connectivity index (χ3n) is 0. The summed E-state index contributed by atoms with van der Waals surface area (Å²) < 4.78 is 31.9. The first kappa shape index (κ1) is 9.38. The van der Waals surface area contributed by atoms with E-state index >= 15 is 0 Å². The van der Waals surface area contributed by atoms with Crippen LogP contribution < -0.4 is 6.15 Å². The maximum atomic E-state index is 8.82. The molecule has 0 unspecified atom stereocenters. The van der Waals surface area contributed by atoms with Crippen LogP contribution in [-0.4, -0.2) is 8.32 Å². The summed E-state index contributed by atoms with van der Waals surface area (Å²) in [5, 5.41) is 0. The van der Waals surface area contributed by atoms with Gasteiger partial charge in [0.25, 0.3) is 0 Å². The molecule has 0 aliphatic carbocycles. The third kappa shape index (κ3) is 234000. The fourth-order valence-corrected chi connectivity index (χ4v) is 0. The van der Waals surface area contributed by atoms with Gasteiger partial charge in [0.1, 0.15) is 0 Å². The first-order valence-corrected chi connectivity index (χ1v) is 2.88. The first-order valence-electron chi connectivity index (χ1n) is 0.698. The zero-order valence-corrected chi connectivity index (χ0v) is 4.10. The average molecular weight is 135 g/mol. The van der Waals surface area contributed by atoms with Gasteiger partial charge in [0.05, 0.1) is 0 Å². The molecule has 0 bridgehead atoms. The molecular formula is H5CrNO4. The summed E-state index contributed by atoms with van der Waals surface area (Å²) in [5.41, 5.74) is 0. The van der Waals surface area contributed by atoms with E-state index in [1.807, 2.05) is 0 Å². The molecule has 5 N–H and O–H groups in total. The molecule has 6 heteroatoms. The van der Waals surface area contributed by atoms with Crippen LogP contribution in [0.2, 0.25) is 0 Å². The van der Waals surface area contributed by atoms with Crippen molar-refractivity contribution in [2.75, 3.05) is 0 Å². The van der Waals surface area contributed by atoms with Gasteiger partial charge >= 0.3 is 29.5 Å². The number of hydrogen-bond donors (Lipinski definition) is 3. The van der Waals surface area contributed by atoms with Gasteiger partial charge in [-0.2, -0.15) is 0 Å². The van der Waals surface area contributed by atoms with E-state index in [9.17, 15) is 0 Å². The molecule has 6 heavy (non-hydrogen) atoms. The summed E-state index contributed by atoms with van der Waals surface area (Å²) in [5.74, 6) is 0. The van der Waals surface area contributed by atoms with E-state index in [1.165, 1.54) is 0 Å². The molecule has 0 aliphatic heterocycles. The zero-order chi connectivity index (χ0) is 4.50. The van der Waals surface area contributed by atoms with Crippen molar-refractivity contribution in [3.05, 3.63) is 0 Å². The molecule has 0 saturated heterocycles. The van der Waals surface area contributed by atoms with Gasteiger partial charge in [-0.05, 0) is 0 Å². The SMILES string of the molecule is N.[O]=[Cr](=[O])([OH])[OH]. The molecule has 0 saturated carbocycles. The normalized spacial score (nSPS) is 9.67. The second-order valence-corrected chi connectivity index (χ2v) is 1.85. The summed E-state index contributed by atoms with van der Waals surface area (Å²) in [4.78, 5) is 0. The van der Waals surface area contributed by atoms with Crippen molar-refractivity contribution in [1.29, 1.82) is 0 Å². The molecule has 0 spiro atoms. The van der Waals surface area contributed by atoms with Gasteiger partial charge in [-0.25, -0.2) is 0 Å². The molecule has 40 valence electrons. The maximum absolute atomic E-state index is 8.82. The fraction of sp³-hybridized carbons (Fsp3) is 0. The third-order valence-corrected chi connectivity index (χ3v) is 0. The molecule has 0 fully saturated rings. The minimum absolute atomic E-state index is 0. The Morgan fingerprint density at radius 1 is 1.17 bits per heavy atom. The van der Waals surface area contributed by atoms with E-state index in [-0.39, 0.29) is 6.15 Å². The van der Waals surface area contributed by atoms with E-state index in [1.54, 1.807) is 0 Å². The summed E-state index contributed by atoms with van der Waals surface area (Å²) in [6.07, 6.45) is 0. The van der Waals surface area contributed by atoms with Crippen LogP contribution in [0, 0.1) is 0 Å². The predicted octanol–water partition coefficient (Wildman–Crippen LogP) is -1.19. The van der Waals surface area contributed by atoms with Crippen molar-refractivity contribution in [1.82, 2.24) is 6.15 Å². The molecule has 0 aromatic rings. The van der Waals surface area contributed by atoms with Gasteiger partial charge in [0.15, 0.2) is 0 Å². The second-order valence-electron chi connectivity index (χ2n) is 0.448. The van der Waals surface area contributed by atoms with E-state index in [4.69, 9.17) is 15.9 Å². The van der Waals surface area contributed by atoms with E-state index in [2.05, 4.69) is 0 Å². The van der Waals surface area contributed by atoms with Crippen molar-refractivity contribution < 1.29 is 29.5 Å². The molecule has 0 rings (SSSR count). The van der Waals surface area contributed by atoms with Crippen LogP contribution >= 0.6 is 0 Å². The Labute approximate surface area is 36.6 Å². The van der Waals surface area contributed by atoms with Crippen LogP contribution in [0.3, 0.4) is 0 Å². The molecular weight excluding hydrogens is 130 g/mol. The fourth-order valence-electron chi connectivity index (χ4n) is 0. The van der Waals surface area contributed by atoms with Gasteiger partial charge in [-0.1, -0.05) is 0 Å². The van der Waals surface area contributed by atoms with Crippen molar-refractivity contribution in [2.45, 2.75) is 0 Å². The van der Waals surface area contributed by atoms with Gasteiger partial charge in [0.2, 0.25) is 0 Å². The Morgan fingerprint density at radius 2 is 1.17 bits per heavy atom. The Hall–Kier alpha value is 0.0125. The standard InChI is InChI=1S/Cr.H3N.2H2O.2O/h;1H3;2*1H2;;/q+2;;;;;/p-2. The van der Waals surface area contributed by atoms with Gasteiger partial charge in [-0.3, -0.25) is 0 Å². The Bertz CT molecular complexity index is 90.7. The van der Waals surface area contributed by atoms with Crippen LogP contribution in [0.15, 0.2) is 0 Å². The Morgan fingerprint density at radius 3 is 1.17 bits per heavy atom. The summed E-state index contributed by atoms with van der Waals surface area (Å²) in [6.45, 7) is 0. The van der Waals surface area contributed by atoms with Crippen LogP contribution in [0.5, 0.6) is 0 Å². The predicted molar refractivity (Wildman–Crippen MR) is 10.8 cm³/mol. The molecule has 0 atom stereocenters. The van der Waals surface area contributed by atoms with Gasteiger partial charge < -0.3 is 6.15 Å². The Balaban J connectivity index is 0. The van der Waals surface area contributed by atoms with Crippen molar-refractivity contribution in [3.63, 3.8) is 0 Å². The number of hydrogen-bond acceptors (Lipinski definition) is 3. The van der Waals surface area contributed by atoms with Gasteiger partial charge in [-0.15, -0.1) is 0 Å². The molecule has 0 aromatic heterocycles. The molecule has 0 aromatic carbocycles. The molecule has 0 aliphatic rings. The van der Waals surface area contributed by atoms with Crippen molar-refractivity contribution in [3.8, 4) is 0 Å². The topological polar surface area (TPSA) is 110 Å².